The first kappa shape index (κ1) is 22.5. The number of nitrogens with zero attached hydrogens (tertiary/aromatic N) is 4. The van der Waals surface area contributed by atoms with Crippen LogP contribution in [0.5, 0.6) is 0 Å². The molecule has 0 saturated carbocycles. The lowest BCUT2D eigenvalue weighted by Crippen LogP contribution is -2.19. The lowest BCUT2D eigenvalue weighted by Gasteiger charge is -2.14. The van der Waals surface area contributed by atoms with Crippen LogP contribution >= 0.6 is 11.8 Å². The number of fused-ring (bicyclic) bond motifs is 1. The van der Waals surface area contributed by atoms with E-state index in [4.69, 9.17) is 4.74 Å². The van der Waals surface area contributed by atoms with Gasteiger partial charge in [-0.05, 0) is 30.3 Å². The molecule has 0 radical (unpaired) electrons. The minimum atomic E-state index is -0.256. The molecule has 0 unspecified atom stereocenters. The highest BCUT2D eigenvalue weighted by Crippen LogP contribution is 2.36. The molecule has 0 amide bonds. The van der Waals surface area contributed by atoms with Crippen LogP contribution < -0.4 is 5.32 Å². The van der Waals surface area contributed by atoms with Gasteiger partial charge in [-0.1, -0.05) is 43.8 Å². The minimum Gasteiger partial charge on any atom is -0.383 e. The first-order valence-corrected chi connectivity index (χ1v) is 11.5. The van der Waals surface area contributed by atoms with Gasteiger partial charge in [-0.25, -0.2) is 4.39 Å². The predicted molar refractivity (Wildman–Crippen MR) is 128 cm³/mol. The highest BCUT2D eigenvalue weighted by Gasteiger charge is 2.24. The van der Waals surface area contributed by atoms with Gasteiger partial charge in [0.1, 0.15) is 5.82 Å². The van der Waals surface area contributed by atoms with Crippen molar-refractivity contribution in [3.8, 4) is 17.2 Å². The average molecular weight is 454 g/mol. The van der Waals surface area contributed by atoms with Gasteiger partial charge in [-0.3, -0.25) is 4.57 Å². The molecule has 0 aliphatic heterocycles. The Morgan fingerprint density at radius 3 is 2.62 bits per heavy atom. The summed E-state index contributed by atoms with van der Waals surface area (Å²) in [7, 11) is 3.67. The summed E-state index contributed by atoms with van der Waals surface area (Å²) in [6.07, 6.45) is 0. The fraction of sp³-hybridized carbons (Fsp3) is 0.333. The van der Waals surface area contributed by atoms with Gasteiger partial charge in [0, 0.05) is 54.7 Å². The molecule has 2 aromatic heterocycles. The fourth-order valence-electron chi connectivity index (χ4n) is 3.86. The molecular weight excluding hydrogens is 425 g/mol. The zero-order valence-electron chi connectivity index (χ0n) is 18.8. The topological polar surface area (TPSA) is 56.9 Å². The molecule has 8 heteroatoms. The van der Waals surface area contributed by atoms with Crippen LogP contribution in [0.1, 0.15) is 19.4 Å². The van der Waals surface area contributed by atoms with Crippen molar-refractivity contribution in [1.29, 1.82) is 0 Å². The van der Waals surface area contributed by atoms with E-state index in [0.29, 0.717) is 24.9 Å². The molecule has 2 heterocycles. The third-order valence-electron chi connectivity index (χ3n) is 5.25. The molecule has 0 fully saturated rings. The Labute approximate surface area is 191 Å². The first-order valence-electron chi connectivity index (χ1n) is 10.7. The smallest absolute Gasteiger partial charge is 0.196 e. The molecule has 0 saturated heterocycles. The summed E-state index contributed by atoms with van der Waals surface area (Å²) < 4.78 is 23.5. The molecule has 32 heavy (non-hydrogen) atoms. The molecule has 4 aromatic rings. The van der Waals surface area contributed by atoms with Crippen molar-refractivity contribution in [2.24, 2.45) is 7.05 Å². The van der Waals surface area contributed by atoms with E-state index in [1.165, 1.54) is 6.07 Å². The molecule has 4 rings (SSSR count). The van der Waals surface area contributed by atoms with Crippen molar-refractivity contribution in [3.63, 3.8) is 0 Å². The largest absolute Gasteiger partial charge is 0.383 e. The Morgan fingerprint density at radius 2 is 1.91 bits per heavy atom. The van der Waals surface area contributed by atoms with E-state index in [-0.39, 0.29) is 5.82 Å². The molecule has 168 valence electrons. The monoisotopic (exact) mass is 453 g/mol. The van der Waals surface area contributed by atoms with Gasteiger partial charge >= 0.3 is 0 Å². The maximum absolute atomic E-state index is 14.2. The number of benzene rings is 2. The minimum absolute atomic E-state index is 0.256. The lowest BCUT2D eigenvalue weighted by atomic mass is 10.1. The number of ether oxygens (including phenoxy) is 1. The summed E-state index contributed by atoms with van der Waals surface area (Å²) in [4.78, 5) is 0. The maximum atomic E-state index is 14.2. The molecule has 0 aliphatic rings. The summed E-state index contributed by atoms with van der Waals surface area (Å²) in [5.74, 6) is 0.482. The van der Waals surface area contributed by atoms with Gasteiger partial charge in [-0.15, -0.1) is 10.2 Å². The molecule has 2 aromatic carbocycles. The number of aryl methyl sites for hydroxylation is 1. The molecule has 0 aliphatic carbocycles. The van der Waals surface area contributed by atoms with Crippen molar-refractivity contribution in [1.82, 2.24) is 24.6 Å². The Bertz CT molecular complexity index is 1200. The van der Waals surface area contributed by atoms with Crippen LogP contribution in [0.4, 0.5) is 4.39 Å². The SMILES string of the molecule is COCCNCc1c(-c2nnc(SC(C)C)n2-c2ccccc2)n(C)c2ccc(F)cc12. The molecule has 0 bridgehead atoms. The Hall–Kier alpha value is -2.68. The van der Waals surface area contributed by atoms with Crippen molar-refractivity contribution < 1.29 is 9.13 Å². The summed E-state index contributed by atoms with van der Waals surface area (Å²) in [6, 6.07) is 15.0. The second-order valence-corrected chi connectivity index (χ2v) is 9.40. The van der Waals surface area contributed by atoms with Crippen LogP contribution in [0.3, 0.4) is 0 Å². The third kappa shape index (κ3) is 4.44. The highest BCUT2D eigenvalue weighted by molar-refractivity contribution is 7.99. The van der Waals surface area contributed by atoms with Gasteiger partial charge in [-0.2, -0.15) is 0 Å². The number of methoxy groups -OCH3 is 1. The van der Waals surface area contributed by atoms with Crippen LogP contribution in [0.25, 0.3) is 28.1 Å². The highest BCUT2D eigenvalue weighted by atomic mass is 32.2. The van der Waals surface area contributed by atoms with E-state index >= 15 is 0 Å². The van der Waals surface area contributed by atoms with E-state index in [1.54, 1.807) is 24.9 Å². The maximum Gasteiger partial charge on any atom is 0.196 e. The van der Waals surface area contributed by atoms with Crippen molar-refractivity contribution in [2.75, 3.05) is 20.3 Å². The van der Waals surface area contributed by atoms with Crippen LogP contribution in [0.15, 0.2) is 53.7 Å². The second kappa shape index (κ2) is 9.85. The number of nitrogens with one attached hydrogen (secondary N) is 1. The van der Waals surface area contributed by atoms with Gasteiger partial charge in [0.05, 0.1) is 12.3 Å². The molecule has 1 N–H and O–H groups in total. The average Bonchev–Trinajstić information content (AvgIpc) is 3.29. The van der Waals surface area contributed by atoms with Crippen LogP contribution in [0.2, 0.25) is 0 Å². The van der Waals surface area contributed by atoms with Crippen molar-refractivity contribution in [2.45, 2.75) is 30.8 Å². The van der Waals surface area contributed by atoms with Crippen LogP contribution in [0, 0.1) is 5.82 Å². The van der Waals surface area contributed by atoms with E-state index < -0.39 is 0 Å². The Balaban J connectivity index is 1.93. The van der Waals surface area contributed by atoms with Crippen LogP contribution in [-0.4, -0.2) is 44.8 Å². The van der Waals surface area contributed by atoms with E-state index in [0.717, 1.165) is 38.8 Å². The predicted octanol–water partition coefficient (Wildman–Crippen LogP) is 4.80. The molecular formula is C24H28FN5OS. The Kier molecular flexibility index (Phi) is 6.93. The zero-order chi connectivity index (χ0) is 22.7. The zero-order valence-corrected chi connectivity index (χ0v) is 19.6. The lowest BCUT2D eigenvalue weighted by molar-refractivity contribution is 0.199. The fourth-order valence-corrected chi connectivity index (χ4v) is 4.67. The molecule has 0 atom stereocenters. The first-order chi connectivity index (χ1) is 15.5. The van der Waals surface area contributed by atoms with E-state index in [9.17, 15) is 4.39 Å². The number of rotatable bonds is 9. The van der Waals surface area contributed by atoms with Crippen LogP contribution in [-0.2, 0) is 18.3 Å². The standard InChI is InChI=1S/C24H28FN5OS/c1-16(2)32-24-28-27-23(30(24)18-8-6-5-7-9-18)22-20(15-26-12-13-31-4)19-14-17(25)10-11-21(19)29(22)3/h5-11,14,16,26H,12-13,15H2,1-4H3. The summed E-state index contributed by atoms with van der Waals surface area (Å²) in [5.41, 5.74) is 3.85. The number of thioether (sulfide) groups is 1. The molecule has 6 nitrogen and oxygen atoms in total. The van der Waals surface area contributed by atoms with Gasteiger partial charge in [0.15, 0.2) is 11.0 Å². The number of halogens is 1. The van der Waals surface area contributed by atoms with E-state index in [1.807, 2.05) is 31.3 Å². The normalized spacial score (nSPS) is 11.7. The van der Waals surface area contributed by atoms with Gasteiger partial charge < -0.3 is 14.6 Å². The number of para-hydroxylation sites is 1. The Morgan fingerprint density at radius 1 is 1.12 bits per heavy atom. The second-order valence-electron chi connectivity index (χ2n) is 7.86. The molecule has 0 spiro atoms. The number of aromatic nitrogens is 4. The number of hydrogen-bond donors (Lipinski definition) is 1. The number of hydrogen-bond acceptors (Lipinski definition) is 5. The summed E-state index contributed by atoms with van der Waals surface area (Å²) >= 11 is 1.67. The van der Waals surface area contributed by atoms with Gasteiger partial charge in [0.25, 0.3) is 0 Å². The quantitative estimate of drug-likeness (QED) is 0.291. The summed E-state index contributed by atoms with van der Waals surface area (Å²) in [5, 5.41) is 14.6. The third-order valence-corrected chi connectivity index (χ3v) is 6.20. The van der Waals surface area contributed by atoms with Gasteiger partial charge in [0.2, 0.25) is 0 Å². The van der Waals surface area contributed by atoms with Crippen molar-refractivity contribution in [3.05, 3.63) is 59.9 Å². The van der Waals surface area contributed by atoms with Crippen molar-refractivity contribution >= 4 is 22.7 Å². The summed E-state index contributed by atoms with van der Waals surface area (Å²) in [6.45, 7) is 6.14. The van der Waals surface area contributed by atoms with E-state index in [2.05, 4.69) is 50.6 Å².